The van der Waals surface area contributed by atoms with E-state index in [0.717, 1.165) is 16.7 Å². The zero-order valence-electron chi connectivity index (χ0n) is 15.5. The van der Waals surface area contributed by atoms with E-state index >= 15 is 0 Å². The molecule has 0 aliphatic carbocycles. The fraction of sp³-hybridized carbons (Fsp3) is 0.333. The molecule has 1 N–H and O–H groups in total. The zero-order chi connectivity index (χ0) is 19.1. The first kappa shape index (κ1) is 20.0. The summed E-state index contributed by atoms with van der Waals surface area (Å²) >= 11 is 5.94. The van der Waals surface area contributed by atoms with E-state index in [2.05, 4.69) is 5.32 Å². The van der Waals surface area contributed by atoms with Crippen molar-refractivity contribution in [2.45, 2.75) is 39.8 Å². The number of likely N-dealkylation sites (N-methyl/N-ethyl adjacent to an activating group) is 1. The third-order valence-corrected chi connectivity index (χ3v) is 4.47. The van der Waals surface area contributed by atoms with Crippen molar-refractivity contribution < 1.29 is 9.59 Å². The van der Waals surface area contributed by atoms with E-state index in [0.29, 0.717) is 18.1 Å². The first-order valence-corrected chi connectivity index (χ1v) is 9.15. The van der Waals surface area contributed by atoms with Crippen molar-refractivity contribution in [2.75, 3.05) is 6.54 Å². The highest BCUT2D eigenvalue weighted by Crippen LogP contribution is 2.15. The number of hydrogen-bond donors (Lipinski definition) is 1. The van der Waals surface area contributed by atoms with Gasteiger partial charge >= 0.3 is 0 Å². The van der Waals surface area contributed by atoms with Gasteiger partial charge < -0.3 is 10.2 Å². The maximum Gasteiger partial charge on any atom is 0.242 e. The van der Waals surface area contributed by atoms with Crippen LogP contribution < -0.4 is 5.32 Å². The predicted molar refractivity (Wildman–Crippen MR) is 105 cm³/mol. The van der Waals surface area contributed by atoms with Gasteiger partial charge in [0, 0.05) is 18.1 Å². The molecule has 1 atom stereocenters. The lowest BCUT2D eigenvalue weighted by molar-refractivity contribution is -0.140. The molecule has 26 heavy (non-hydrogen) atoms. The zero-order valence-corrected chi connectivity index (χ0v) is 16.2. The minimum atomic E-state index is -0.553. The smallest absolute Gasteiger partial charge is 0.242 e. The Morgan fingerprint density at radius 1 is 1.12 bits per heavy atom. The van der Waals surface area contributed by atoms with E-state index < -0.39 is 6.04 Å². The van der Waals surface area contributed by atoms with Crippen LogP contribution in [0.25, 0.3) is 0 Å². The molecule has 0 saturated heterocycles. The second kappa shape index (κ2) is 9.39. The Morgan fingerprint density at radius 2 is 1.81 bits per heavy atom. The van der Waals surface area contributed by atoms with E-state index in [-0.39, 0.29) is 18.2 Å². The number of aryl methyl sites for hydroxylation is 1. The second-order valence-electron chi connectivity index (χ2n) is 6.38. The molecule has 2 aromatic carbocycles. The molecular weight excluding hydrogens is 348 g/mol. The van der Waals surface area contributed by atoms with Crippen molar-refractivity contribution in [2.24, 2.45) is 0 Å². The average Bonchev–Trinajstić information content (AvgIpc) is 2.60. The monoisotopic (exact) mass is 372 g/mol. The maximum atomic E-state index is 13.0. The molecule has 2 aromatic rings. The van der Waals surface area contributed by atoms with E-state index in [1.165, 1.54) is 0 Å². The van der Waals surface area contributed by atoms with Crippen LogP contribution in [0.4, 0.5) is 0 Å². The summed E-state index contributed by atoms with van der Waals surface area (Å²) in [6.07, 6.45) is 0.263. The van der Waals surface area contributed by atoms with Crippen molar-refractivity contribution in [3.63, 3.8) is 0 Å². The summed E-state index contributed by atoms with van der Waals surface area (Å²) in [6, 6.07) is 14.6. The molecule has 0 aliphatic rings. The first-order chi connectivity index (χ1) is 12.4. The summed E-state index contributed by atoms with van der Waals surface area (Å²) < 4.78 is 0. The lowest BCUT2D eigenvalue weighted by atomic mass is 10.1. The quantitative estimate of drug-likeness (QED) is 0.804. The Labute approximate surface area is 160 Å². The molecule has 0 spiro atoms. The largest absolute Gasteiger partial charge is 0.355 e. The molecule has 1 unspecified atom stereocenters. The van der Waals surface area contributed by atoms with Crippen LogP contribution in [0.3, 0.4) is 0 Å². The molecule has 4 nitrogen and oxygen atoms in total. The van der Waals surface area contributed by atoms with Gasteiger partial charge in [-0.05, 0) is 44.0 Å². The van der Waals surface area contributed by atoms with Gasteiger partial charge in [-0.3, -0.25) is 9.59 Å². The third-order valence-electron chi connectivity index (χ3n) is 4.22. The normalized spacial score (nSPS) is 11.7. The molecule has 0 saturated carbocycles. The number of nitrogens with one attached hydrogen (secondary N) is 1. The molecule has 0 heterocycles. The van der Waals surface area contributed by atoms with Crippen LogP contribution >= 0.6 is 11.6 Å². The van der Waals surface area contributed by atoms with E-state index in [4.69, 9.17) is 11.6 Å². The van der Waals surface area contributed by atoms with Crippen LogP contribution in [0, 0.1) is 6.92 Å². The van der Waals surface area contributed by atoms with Crippen LogP contribution in [-0.2, 0) is 22.6 Å². The summed E-state index contributed by atoms with van der Waals surface area (Å²) in [5, 5.41) is 3.44. The first-order valence-electron chi connectivity index (χ1n) is 8.78. The highest BCUT2D eigenvalue weighted by Gasteiger charge is 2.25. The lowest BCUT2D eigenvalue weighted by Gasteiger charge is -2.29. The van der Waals surface area contributed by atoms with Gasteiger partial charge in [0.2, 0.25) is 11.8 Å². The standard InChI is InChI=1S/C21H25ClN2O2/c1-4-23-21(26)16(3)24(14-17-8-10-19(22)11-9-17)20(25)13-18-7-5-6-15(2)12-18/h5-12,16H,4,13-14H2,1-3H3,(H,23,26). The second-order valence-corrected chi connectivity index (χ2v) is 6.82. The van der Waals surface area contributed by atoms with Gasteiger partial charge in [-0.2, -0.15) is 0 Å². The maximum absolute atomic E-state index is 13.0. The van der Waals surface area contributed by atoms with Gasteiger partial charge in [-0.1, -0.05) is 53.6 Å². The number of benzene rings is 2. The SMILES string of the molecule is CCNC(=O)C(C)N(Cc1ccc(Cl)cc1)C(=O)Cc1cccc(C)c1. The molecule has 0 aromatic heterocycles. The predicted octanol–water partition coefficient (Wildman–Crippen LogP) is 3.74. The van der Waals surface area contributed by atoms with Crippen LogP contribution in [0.2, 0.25) is 5.02 Å². The molecule has 5 heteroatoms. The van der Waals surface area contributed by atoms with Gasteiger partial charge in [-0.15, -0.1) is 0 Å². The van der Waals surface area contributed by atoms with Crippen LogP contribution in [0.15, 0.2) is 48.5 Å². The summed E-state index contributed by atoms with van der Waals surface area (Å²) in [7, 11) is 0. The number of hydrogen-bond acceptors (Lipinski definition) is 2. The van der Waals surface area contributed by atoms with Crippen LogP contribution in [0.5, 0.6) is 0 Å². The number of carbonyl (C=O) groups excluding carboxylic acids is 2. The van der Waals surface area contributed by atoms with Crippen LogP contribution in [0.1, 0.15) is 30.5 Å². The van der Waals surface area contributed by atoms with Crippen molar-refractivity contribution >= 4 is 23.4 Å². The molecule has 0 fully saturated rings. The van der Waals surface area contributed by atoms with Gasteiger partial charge in [-0.25, -0.2) is 0 Å². The van der Waals surface area contributed by atoms with Crippen molar-refractivity contribution in [3.05, 3.63) is 70.2 Å². The van der Waals surface area contributed by atoms with Gasteiger partial charge in [0.25, 0.3) is 0 Å². The van der Waals surface area contributed by atoms with Crippen molar-refractivity contribution in [1.82, 2.24) is 10.2 Å². The molecule has 2 rings (SSSR count). The number of halogens is 1. The molecule has 0 aliphatic heterocycles. The highest BCUT2D eigenvalue weighted by atomic mass is 35.5. The van der Waals surface area contributed by atoms with Gasteiger partial charge in [0.1, 0.15) is 6.04 Å². The Morgan fingerprint density at radius 3 is 2.42 bits per heavy atom. The van der Waals surface area contributed by atoms with E-state index in [9.17, 15) is 9.59 Å². The third kappa shape index (κ3) is 5.60. The number of rotatable bonds is 7. The molecule has 0 bridgehead atoms. The number of carbonyl (C=O) groups is 2. The molecular formula is C21H25ClN2O2. The van der Waals surface area contributed by atoms with Crippen LogP contribution in [-0.4, -0.2) is 29.3 Å². The minimum absolute atomic E-state index is 0.0793. The molecule has 2 amide bonds. The Kier molecular flexibility index (Phi) is 7.22. The average molecular weight is 373 g/mol. The van der Waals surface area contributed by atoms with Gasteiger partial charge in [0.05, 0.1) is 6.42 Å². The number of amides is 2. The Bertz CT molecular complexity index is 759. The summed E-state index contributed by atoms with van der Waals surface area (Å²) in [6.45, 7) is 6.51. The lowest BCUT2D eigenvalue weighted by Crippen LogP contribution is -2.48. The fourth-order valence-electron chi connectivity index (χ4n) is 2.79. The fourth-order valence-corrected chi connectivity index (χ4v) is 2.92. The van der Waals surface area contributed by atoms with Gasteiger partial charge in [0.15, 0.2) is 0 Å². The number of nitrogens with zero attached hydrogens (tertiary/aromatic N) is 1. The summed E-state index contributed by atoms with van der Waals surface area (Å²) in [4.78, 5) is 26.9. The summed E-state index contributed by atoms with van der Waals surface area (Å²) in [5.74, 6) is -0.233. The van der Waals surface area contributed by atoms with Crippen molar-refractivity contribution in [1.29, 1.82) is 0 Å². The Hall–Kier alpha value is -2.33. The minimum Gasteiger partial charge on any atom is -0.355 e. The molecule has 138 valence electrons. The van der Waals surface area contributed by atoms with E-state index in [1.54, 1.807) is 24.0 Å². The van der Waals surface area contributed by atoms with Crippen molar-refractivity contribution in [3.8, 4) is 0 Å². The Balaban J connectivity index is 2.21. The molecule has 0 radical (unpaired) electrons. The van der Waals surface area contributed by atoms with E-state index in [1.807, 2.05) is 50.2 Å². The summed E-state index contributed by atoms with van der Waals surface area (Å²) in [5.41, 5.74) is 2.98. The topological polar surface area (TPSA) is 49.4 Å². The highest BCUT2D eigenvalue weighted by molar-refractivity contribution is 6.30.